The molecule has 0 aliphatic heterocycles. The van der Waals surface area contributed by atoms with Crippen molar-refractivity contribution >= 4 is 12.1 Å². The molecule has 0 spiro atoms. The molecule has 224 valence electrons. The van der Waals surface area contributed by atoms with E-state index in [-0.39, 0.29) is 17.9 Å². The first-order valence-electron chi connectivity index (χ1n) is 13.9. The zero-order valence-corrected chi connectivity index (χ0v) is 25.5. The van der Waals surface area contributed by atoms with E-state index in [1.54, 1.807) is 18.2 Å². The minimum atomic E-state index is -0.384. The van der Waals surface area contributed by atoms with Gasteiger partial charge in [-0.05, 0) is 96.5 Å². The topological polar surface area (TPSA) is 103 Å². The molecule has 5 aromatic rings. The van der Waals surface area contributed by atoms with Gasteiger partial charge in [0.2, 0.25) is 0 Å². The second-order valence-electron chi connectivity index (χ2n) is 9.97. The van der Waals surface area contributed by atoms with Crippen LogP contribution >= 0.6 is 0 Å². The number of carbonyl (C=O) groups excluding carboxylic acids is 3. The number of carbonyl (C=O) groups is 1. The van der Waals surface area contributed by atoms with Crippen LogP contribution in [-0.4, -0.2) is 29.3 Å². The van der Waals surface area contributed by atoms with E-state index in [9.17, 15) is 9.90 Å². The molecule has 0 aliphatic rings. The third-order valence-corrected chi connectivity index (χ3v) is 6.98. The number of ether oxygens (including phenoxy) is 2. The van der Waals surface area contributed by atoms with Crippen LogP contribution in [0, 0.1) is 27.7 Å². The molecule has 44 heavy (non-hydrogen) atoms. The normalized spacial score (nSPS) is 9.84. The largest absolute Gasteiger partial charge is 0.508 e. The number of phenolic OH excluding ortho intramolecular Hbond substituents is 1. The third kappa shape index (κ3) is 8.74. The Labute approximate surface area is 257 Å². The van der Waals surface area contributed by atoms with Crippen molar-refractivity contribution in [2.45, 2.75) is 34.3 Å². The number of pyridine rings is 1. The molecule has 0 radical (unpaired) electrons. The first-order chi connectivity index (χ1) is 21.2. The van der Waals surface area contributed by atoms with Gasteiger partial charge < -0.3 is 14.6 Å². The highest BCUT2D eigenvalue weighted by atomic mass is 16.5. The van der Waals surface area contributed by atoms with Crippen LogP contribution in [0.4, 0.5) is 0 Å². The van der Waals surface area contributed by atoms with Gasteiger partial charge >= 0.3 is 12.1 Å². The summed E-state index contributed by atoms with van der Waals surface area (Å²) >= 11 is 0. The van der Waals surface area contributed by atoms with E-state index in [0.717, 1.165) is 39.3 Å². The van der Waals surface area contributed by atoms with E-state index in [2.05, 4.69) is 74.3 Å². The maximum atomic E-state index is 11.7. The van der Waals surface area contributed by atoms with Gasteiger partial charge in [0, 0.05) is 6.20 Å². The predicted molar refractivity (Wildman–Crippen MR) is 169 cm³/mol. The zero-order chi connectivity index (χ0) is 32.1. The van der Waals surface area contributed by atoms with Crippen molar-refractivity contribution in [1.82, 2.24) is 4.98 Å². The van der Waals surface area contributed by atoms with Crippen molar-refractivity contribution in [2.24, 2.45) is 0 Å². The number of aryl methyl sites for hydroxylation is 4. The van der Waals surface area contributed by atoms with E-state index in [1.807, 2.05) is 43.5 Å². The lowest BCUT2D eigenvalue weighted by Crippen LogP contribution is -2.03. The number of aromatic hydroxyl groups is 1. The molecule has 1 heterocycles. The highest BCUT2D eigenvalue weighted by Gasteiger charge is 2.13. The van der Waals surface area contributed by atoms with Gasteiger partial charge in [-0.3, -0.25) is 4.98 Å². The Morgan fingerprint density at radius 3 is 1.95 bits per heavy atom. The van der Waals surface area contributed by atoms with Crippen LogP contribution in [0.1, 0.15) is 38.3 Å². The second-order valence-corrected chi connectivity index (χ2v) is 9.97. The summed E-state index contributed by atoms with van der Waals surface area (Å²) in [4.78, 5) is 32.3. The average Bonchev–Trinajstić information content (AvgIpc) is 3.03. The van der Waals surface area contributed by atoms with Crippen molar-refractivity contribution in [3.63, 3.8) is 0 Å². The summed E-state index contributed by atoms with van der Waals surface area (Å²) in [7, 11) is 1.35. The summed E-state index contributed by atoms with van der Waals surface area (Å²) in [6.07, 6.45) is 2.06. The molecule has 0 aliphatic carbocycles. The van der Waals surface area contributed by atoms with Crippen molar-refractivity contribution in [2.75, 3.05) is 7.11 Å². The number of nitrogens with zero attached hydrogens (tertiary/aromatic N) is 1. The summed E-state index contributed by atoms with van der Waals surface area (Å²) < 4.78 is 10.8. The molecule has 1 aromatic heterocycles. The van der Waals surface area contributed by atoms with Gasteiger partial charge in [-0.15, -0.1) is 0 Å². The Bertz CT molecular complexity index is 1760. The highest BCUT2D eigenvalue weighted by molar-refractivity contribution is 5.97. The van der Waals surface area contributed by atoms with E-state index in [1.165, 1.54) is 23.8 Å². The van der Waals surface area contributed by atoms with Crippen LogP contribution in [0.2, 0.25) is 0 Å². The fourth-order valence-electron chi connectivity index (χ4n) is 4.44. The summed E-state index contributed by atoms with van der Waals surface area (Å²) in [6.45, 7) is 8.58. The van der Waals surface area contributed by atoms with Crippen molar-refractivity contribution in [3.8, 4) is 33.8 Å². The SMILES string of the molecule is COC(=O)c1ccccc1-c1ccc(C)c(O)c1.Cc1ccc(-c2ccccc2C)cc1OCc1ncccc1C.O=C=O. The molecule has 4 aromatic carbocycles. The Balaban J connectivity index is 0.000000227. The van der Waals surface area contributed by atoms with Gasteiger partial charge in [-0.2, -0.15) is 9.59 Å². The number of phenols is 1. The van der Waals surface area contributed by atoms with Crippen molar-refractivity contribution < 1.29 is 29.0 Å². The number of hydrogen-bond donors (Lipinski definition) is 1. The number of esters is 1. The van der Waals surface area contributed by atoms with E-state index in [4.69, 9.17) is 19.1 Å². The minimum Gasteiger partial charge on any atom is -0.508 e. The zero-order valence-electron chi connectivity index (χ0n) is 25.5. The number of methoxy groups -OCH3 is 1. The lowest BCUT2D eigenvalue weighted by Gasteiger charge is -2.13. The molecule has 0 amide bonds. The van der Waals surface area contributed by atoms with Gasteiger partial charge in [-0.1, -0.05) is 72.8 Å². The molecule has 0 saturated heterocycles. The quantitative estimate of drug-likeness (QED) is 0.201. The summed E-state index contributed by atoms with van der Waals surface area (Å²) in [5.74, 6) is 0.744. The molecular weight excluding hydrogens is 554 g/mol. The molecule has 1 N–H and O–H groups in total. The predicted octanol–water partition coefficient (Wildman–Crippen LogP) is 7.82. The molecule has 0 atom stereocenters. The third-order valence-electron chi connectivity index (χ3n) is 6.98. The molecule has 0 unspecified atom stereocenters. The lowest BCUT2D eigenvalue weighted by molar-refractivity contribution is -0.191. The Hall–Kier alpha value is -5.52. The highest BCUT2D eigenvalue weighted by Crippen LogP contribution is 2.30. The first-order valence-corrected chi connectivity index (χ1v) is 13.9. The maximum absolute atomic E-state index is 11.7. The van der Waals surface area contributed by atoms with Crippen molar-refractivity contribution in [1.29, 1.82) is 0 Å². The van der Waals surface area contributed by atoms with Crippen LogP contribution in [0.3, 0.4) is 0 Å². The molecule has 5 rings (SSSR count). The smallest absolute Gasteiger partial charge is 0.373 e. The monoisotopic (exact) mass is 589 g/mol. The van der Waals surface area contributed by atoms with Crippen LogP contribution < -0.4 is 4.74 Å². The number of aromatic nitrogens is 1. The average molecular weight is 590 g/mol. The van der Waals surface area contributed by atoms with Gasteiger partial charge in [-0.25, -0.2) is 4.79 Å². The second kappa shape index (κ2) is 16.2. The Morgan fingerprint density at radius 1 is 0.727 bits per heavy atom. The van der Waals surface area contributed by atoms with Crippen LogP contribution in [-0.2, 0) is 20.9 Å². The van der Waals surface area contributed by atoms with Gasteiger partial charge in [0.1, 0.15) is 18.1 Å². The van der Waals surface area contributed by atoms with E-state index < -0.39 is 0 Å². The maximum Gasteiger partial charge on any atom is 0.373 e. The standard InChI is InChI=1S/C21H21NO.C15H14O3.CO2/c1-15-7-4-5-9-19(15)18-11-10-17(3)21(13-18)23-14-20-16(2)8-6-12-22-20;1-10-7-8-11(9-14(10)16)12-5-3-4-6-13(12)15(17)18-2;2-1-3/h4-13H,14H2,1-3H3;3-9,16H,1-2H3;. The molecule has 7 nitrogen and oxygen atoms in total. The lowest BCUT2D eigenvalue weighted by atomic mass is 9.98. The Kier molecular flexibility index (Phi) is 12.1. The number of rotatable bonds is 6. The number of benzene rings is 4. The van der Waals surface area contributed by atoms with Gasteiger partial charge in [0.05, 0.1) is 18.4 Å². The van der Waals surface area contributed by atoms with Crippen LogP contribution in [0.25, 0.3) is 22.3 Å². The molecule has 7 heteroatoms. The first kappa shape index (κ1) is 33.0. The molecule has 0 fully saturated rings. The molecule has 0 saturated carbocycles. The summed E-state index contributed by atoms with van der Waals surface area (Å²) in [5, 5.41) is 9.73. The fourth-order valence-corrected chi connectivity index (χ4v) is 4.44. The molecular formula is C37H35NO6. The summed E-state index contributed by atoms with van der Waals surface area (Å²) in [5.41, 5.74) is 9.79. The minimum absolute atomic E-state index is 0.215. The van der Waals surface area contributed by atoms with Crippen LogP contribution in [0.15, 0.2) is 103 Å². The number of hydrogen-bond acceptors (Lipinski definition) is 7. The Morgan fingerprint density at radius 2 is 1.32 bits per heavy atom. The summed E-state index contributed by atoms with van der Waals surface area (Å²) in [6, 6.07) is 31.3. The van der Waals surface area contributed by atoms with Crippen LogP contribution in [0.5, 0.6) is 11.5 Å². The molecule has 0 bridgehead atoms. The van der Waals surface area contributed by atoms with Gasteiger partial charge in [0.15, 0.2) is 0 Å². The van der Waals surface area contributed by atoms with E-state index >= 15 is 0 Å². The van der Waals surface area contributed by atoms with Crippen molar-refractivity contribution in [3.05, 3.63) is 137 Å². The van der Waals surface area contributed by atoms with Gasteiger partial charge in [0.25, 0.3) is 0 Å². The fraction of sp³-hybridized carbons (Fsp3) is 0.162. The van der Waals surface area contributed by atoms with E-state index in [0.29, 0.717) is 12.2 Å².